The summed E-state index contributed by atoms with van der Waals surface area (Å²) in [6.45, 7) is 5.35. The van der Waals surface area contributed by atoms with Crippen molar-refractivity contribution in [2.24, 2.45) is 0 Å². The van der Waals surface area contributed by atoms with Crippen LogP contribution in [0.25, 0.3) is 0 Å². The normalized spacial score (nSPS) is 14.1. The van der Waals surface area contributed by atoms with Gasteiger partial charge in [-0.15, -0.1) is 0 Å². The quantitative estimate of drug-likeness (QED) is 0.524. The molecule has 0 saturated carbocycles. The maximum Gasteiger partial charge on any atom is 0.121 e. The summed E-state index contributed by atoms with van der Waals surface area (Å²) < 4.78 is 16.3. The van der Waals surface area contributed by atoms with Crippen molar-refractivity contribution in [2.75, 3.05) is 13.2 Å². The molecular weight excluding hydrogens is 95.1 g/mol. The fourth-order valence-electron chi connectivity index (χ4n) is 0.246. The Bertz CT molecular complexity index is 37.1. The van der Waals surface area contributed by atoms with E-state index in [2.05, 4.69) is 11.7 Å². The zero-order valence-electron chi connectivity index (χ0n) is 4.48. The summed E-state index contributed by atoms with van der Waals surface area (Å²) >= 11 is 0. The molecule has 43 valence electrons. The van der Waals surface area contributed by atoms with Crippen LogP contribution in [0.3, 0.4) is 0 Å². The molecule has 1 nitrogen and oxygen atoms in total. The van der Waals surface area contributed by atoms with Gasteiger partial charge in [0.2, 0.25) is 0 Å². The lowest BCUT2D eigenvalue weighted by molar-refractivity contribution is 0.107. The van der Waals surface area contributed by atoms with Crippen molar-refractivity contribution < 1.29 is 9.13 Å². The van der Waals surface area contributed by atoms with Crippen LogP contribution in [0.2, 0.25) is 0 Å². The second-order valence-corrected chi connectivity index (χ2v) is 1.36. The van der Waals surface area contributed by atoms with Gasteiger partial charge >= 0.3 is 0 Å². The molecule has 0 spiro atoms. The molecule has 1 radical (unpaired) electrons. The summed E-state index contributed by atoms with van der Waals surface area (Å²) in [6, 6.07) is 0. The molecule has 0 aliphatic carbocycles. The molecule has 0 heterocycles. The van der Waals surface area contributed by atoms with Crippen molar-refractivity contribution in [3.05, 3.63) is 6.92 Å². The van der Waals surface area contributed by atoms with Crippen LogP contribution in [0.4, 0.5) is 4.39 Å². The van der Waals surface area contributed by atoms with Crippen LogP contribution in [-0.4, -0.2) is 19.4 Å². The average molecular weight is 105 g/mol. The van der Waals surface area contributed by atoms with Crippen molar-refractivity contribution in [3.8, 4) is 0 Å². The van der Waals surface area contributed by atoms with Crippen molar-refractivity contribution in [2.45, 2.75) is 13.1 Å². The lowest BCUT2D eigenvalue weighted by Gasteiger charge is -1.98. The van der Waals surface area contributed by atoms with Crippen molar-refractivity contribution in [1.82, 2.24) is 0 Å². The molecule has 0 aromatic heterocycles. The van der Waals surface area contributed by atoms with Crippen LogP contribution < -0.4 is 0 Å². The second kappa shape index (κ2) is 4.06. The van der Waals surface area contributed by atoms with Gasteiger partial charge in [-0.2, -0.15) is 0 Å². The first-order chi connectivity index (χ1) is 3.27. The molecule has 1 unspecified atom stereocenters. The molecule has 0 bridgehead atoms. The van der Waals surface area contributed by atoms with Gasteiger partial charge in [0.1, 0.15) is 6.17 Å². The summed E-state index contributed by atoms with van der Waals surface area (Å²) in [7, 11) is 0. The van der Waals surface area contributed by atoms with Crippen LogP contribution >= 0.6 is 0 Å². The molecule has 7 heavy (non-hydrogen) atoms. The highest BCUT2D eigenvalue weighted by Gasteiger charge is 1.93. The summed E-state index contributed by atoms with van der Waals surface area (Å²) in [6.07, 6.45) is -0.859. The van der Waals surface area contributed by atoms with E-state index >= 15 is 0 Å². The van der Waals surface area contributed by atoms with E-state index in [-0.39, 0.29) is 6.61 Å². The van der Waals surface area contributed by atoms with E-state index < -0.39 is 6.17 Å². The average Bonchev–Trinajstić information content (AvgIpc) is 1.61. The summed E-state index contributed by atoms with van der Waals surface area (Å²) in [4.78, 5) is 0. The molecule has 0 amide bonds. The van der Waals surface area contributed by atoms with E-state index in [1.807, 2.05) is 0 Å². The fraction of sp³-hybridized carbons (Fsp3) is 0.800. The zero-order chi connectivity index (χ0) is 5.70. The molecule has 0 rings (SSSR count). The number of alkyl halides is 1. The van der Waals surface area contributed by atoms with E-state index in [9.17, 15) is 4.39 Å². The van der Waals surface area contributed by atoms with E-state index in [0.29, 0.717) is 6.61 Å². The Kier molecular flexibility index (Phi) is 4.00. The zero-order valence-corrected chi connectivity index (χ0v) is 4.48. The summed E-state index contributed by atoms with van der Waals surface area (Å²) in [5.74, 6) is 0. The van der Waals surface area contributed by atoms with E-state index in [4.69, 9.17) is 0 Å². The van der Waals surface area contributed by atoms with Gasteiger partial charge in [-0.1, -0.05) is 0 Å². The van der Waals surface area contributed by atoms with Crippen LogP contribution in [-0.2, 0) is 4.74 Å². The molecule has 0 aromatic rings. The van der Waals surface area contributed by atoms with Gasteiger partial charge in [0.25, 0.3) is 0 Å². The molecule has 1 atom stereocenters. The molecule has 0 aromatic carbocycles. The first kappa shape index (κ1) is 6.89. The Morgan fingerprint density at radius 1 is 1.86 bits per heavy atom. The van der Waals surface area contributed by atoms with Gasteiger partial charge in [0.05, 0.1) is 6.61 Å². The molecule has 0 aliphatic heterocycles. The maximum atomic E-state index is 11.7. The van der Waals surface area contributed by atoms with Gasteiger partial charge in [0.15, 0.2) is 0 Å². The highest BCUT2D eigenvalue weighted by atomic mass is 19.1. The summed E-state index contributed by atoms with van der Waals surface area (Å²) in [5, 5.41) is 0. The molecule has 0 saturated heterocycles. The first-order valence-corrected chi connectivity index (χ1v) is 2.28. The maximum absolute atomic E-state index is 11.7. The minimum absolute atomic E-state index is 0.170. The van der Waals surface area contributed by atoms with Gasteiger partial charge < -0.3 is 4.74 Å². The van der Waals surface area contributed by atoms with Crippen LogP contribution in [0, 0.1) is 6.92 Å². The number of halogens is 1. The van der Waals surface area contributed by atoms with E-state index in [1.54, 1.807) is 0 Å². The third-order valence-corrected chi connectivity index (χ3v) is 0.492. The lowest BCUT2D eigenvalue weighted by atomic mass is 10.5. The SMILES string of the molecule is [CH2]COCC(C)F. The number of ether oxygens (including phenoxy) is 1. The predicted molar refractivity (Wildman–Crippen MR) is 26.7 cm³/mol. The first-order valence-electron chi connectivity index (χ1n) is 2.28. The van der Waals surface area contributed by atoms with E-state index in [1.165, 1.54) is 6.92 Å². The monoisotopic (exact) mass is 105 g/mol. The van der Waals surface area contributed by atoms with Crippen LogP contribution in [0.15, 0.2) is 0 Å². The third kappa shape index (κ3) is 5.89. The Balaban J connectivity index is 2.68. The van der Waals surface area contributed by atoms with Gasteiger partial charge in [-0.05, 0) is 13.8 Å². The molecular formula is C5H10FO. The minimum Gasteiger partial charge on any atom is -0.378 e. The molecule has 0 N–H and O–H groups in total. The van der Waals surface area contributed by atoms with E-state index in [0.717, 1.165) is 0 Å². The highest BCUT2D eigenvalue weighted by molar-refractivity contribution is 4.41. The number of hydrogen-bond acceptors (Lipinski definition) is 1. The Labute approximate surface area is 43.5 Å². The Morgan fingerprint density at radius 2 is 2.43 bits per heavy atom. The fourth-order valence-corrected chi connectivity index (χ4v) is 0.246. The van der Waals surface area contributed by atoms with Crippen LogP contribution in [0.5, 0.6) is 0 Å². The smallest absolute Gasteiger partial charge is 0.121 e. The minimum atomic E-state index is -0.859. The standard InChI is InChI=1S/C5H10FO/c1-3-7-4-5(2)6/h5H,1,3-4H2,2H3. The Hall–Kier alpha value is -0.110. The van der Waals surface area contributed by atoms with Crippen molar-refractivity contribution in [3.63, 3.8) is 0 Å². The van der Waals surface area contributed by atoms with Gasteiger partial charge in [0, 0.05) is 6.61 Å². The highest BCUT2D eigenvalue weighted by Crippen LogP contribution is 1.86. The molecule has 0 fully saturated rings. The molecule has 0 aliphatic rings. The van der Waals surface area contributed by atoms with Crippen molar-refractivity contribution in [1.29, 1.82) is 0 Å². The summed E-state index contributed by atoms with van der Waals surface area (Å²) in [5.41, 5.74) is 0. The largest absolute Gasteiger partial charge is 0.378 e. The Morgan fingerprint density at radius 3 is 2.57 bits per heavy atom. The van der Waals surface area contributed by atoms with Crippen molar-refractivity contribution >= 4 is 0 Å². The number of hydrogen-bond donors (Lipinski definition) is 0. The number of rotatable bonds is 3. The lowest BCUT2D eigenvalue weighted by Crippen LogP contribution is -2.04. The van der Waals surface area contributed by atoms with Gasteiger partial charge in [-0.3, -0.25) is 0 Å². The topological polar surface area (TPSA) is 9.23 Å². The van der Waals surface area contributed by atoms with Crippen LogP contribution in [0.1, 0.15) is 6.92 Å². The molecule has 2 heteroatoms. The predicted octanol–water partition coefficient (Wildman–Crippen LogP) is 1.20. The second-order valence-electron chi connectivity index (χ2n) is 1.36. The van der Waals surface area contributed by atoms with Gasteiger partial charge in [-0.25, -0.2) is 4.39 Å². The third-order valence-electron chi connectivity index (χ3n) is 0.492.